The summed E-state index contributed by atoms with van der Waals surface area (Å²) in [6.45, 7) is 9.93. The summed E-state index contributed by atoms with van der Waals surface area (Å²) in [6, 6.07) is 6.67. The van der Waals surface area contributed by atoms with Crippen molar-refractivity contribution in [1.29, 1.82) is 0 Å². The van der Waals surface area contributed by atoms with Crippen LogP contribution >= 0.6 is 0 Å². The number of nitrogens with zero attached hydrogens (tertiary/aromatic N) is 2. The van der Waals surface area contributed by atoms with Crippen molar-refractivity contribution in [2.75, 3.05) is 13.2 Å². The topological polar surface area (TPSA) is 45.5 Å². The molecule has 1 aromatic carbocycles. The summed E-state index contributed by atoms with van der Waals surface area (Å²) in [5.74, 6) is 0. The Kier molecular flexibility index (Phi) is 3.75. The van der Waals surface area contributed by atoms with Gasteiger partial charge in [-0.05, 0) is 58.1 Å². The van der Waals surface area contributed by atoms with E-state index in [1.807, 2.05) is 6.33 Å². The molecule has 1 unspecified atom stereocenters. The number of ether oxygens (including phenoxy) is 1. The van der Waals surface area contributed by atoms with Gasteiger partial charge in [0.2, 0.25) is 0 Å². The van der Waals surface area contributed by atoms with E-state index in [0.29, 0.717) is 6.04 Å². The quantitative estimate of drug-likeness (QED) is 0.795. The normalized spacial score (nSPS) is 26.2. The van der Waals surface area contributed by atoms with Crippen LogP contribution in [0.15, 0.2) is 24.5 Å². The fourth-order valence-corrected chi connectivity index (χ4v) is 3.41. The third-order valence-electron chi connectivity index (χ3n) is 5.65. The van der Waals surface area contributed by atoms with E-state index in [4.69, 9.17) is 14.0 Å². The number of imidazole rings is 1. The SMILES string of the molecule is CC1(C)OB(c2ccc3c(c2)ncn3C2CCCOC2)OC1(C)C. The highest BCUT2D eigenvalue weighted by molar-refractivity contribution is 6.62. The number of hydrogen-bond donors (Lipinski definition) is 0. The maximum Gasteiger partial charge on any atom is 0.494 e. The van der Waals surface area contributed by atoms with Crippen LogP contribution in [0.2, 0.25) is 0 Å². The van der Waals surface area contributed by atoms with Crippen molar-refractivity contribution in [2.24, 2.45) is 0 Å². The van der Waals surface area contributed by atoms with Crippen LogP contribution in [0, 0.1) is 0 Å². The zero-order valence-corrected chi connectivity index (χ0v) is 14.9. The first-order chi connectivity index (χ1) is 11.4. The molecule has 24 heavy (non-hydrogen) atoms. The Morgan fingerprint density at radius 2 is 1.92 bits per heavy atom. The third kappa shape index (κ3) is 2.57. The van der Waals surface area contributed by atoms with Crippen LogP contribution in [0.1, 0.15) is 46.6 Å². The molecule has 128 valence electrons. The third-order valence-corrected chi connectivity index (χ3v) is 5.65. The Balaban J connectivity index is 1.63. The standard InChI is InChI=1S/C18H25BN2O3/c1-17(2)18(3,4)24-19(23-17)13-7-8-16-15(10-13)20-12-21(16)14-6-5-9-22-11-14/h7-8,10,12,14H,5-6,9,11H2,1-4H3. The minimum Gasteiger partial charge on any atom is -0.399 e. The first-order valence-corrected chi connectivity index (χ1v) is 8.77. The summed E-state index contributed by atoms with van der Waals surface area (Å²) in [7, 11) is -0.345. The van der Waals surface area contributed by atoms with Crippen molar-refractivity contribution in [2.45, 2.75) is 57.8 Å². The van der Waals surface area contributed by atoms with Gasteiger partial charge in [0.05, 0.1) is 41.2 Å². The van der Waals surface area contributed by atoms with Gasteiger partial charge in [-0.2, -0.15) is 0 Å². The highest BCUT2D eigenvalue weighted by Gasteiger charge is 2.51. The summed E-state index contributed by atoms with van der Waals surface area (Å²) < 4.78 is 20.1. The molecule has 2 aliphatic heterocycles. The highest BCUT2D eigenvalue weighted by Crippen LogP contribution is 2.36. The van der Waals surface area contributed by atoms with E-state index in [0.717, 1.165) is 42.6 Å². The maximum absolute atomic E-state index is 6.15. The first-order valence-electron chi connectivity index (χ1n) is 8.77. The molecule has 4 rings (SSSR count). The minimum absolute atomic E-state index is 0.328. The van der Waals surface area contributed by atoms with E-state index in [9.17, 15) is 0 Å². The van der Waals surface area contributed by atoms with Crippen molar-refractivity contribution < 1.29 is 14.0 Å². The lowest BCUT2D eigenvalue weighted by atomic mass is 9.79. The number of fused-ring (bicyclic) bond motifs is 1. The monoisotopic (exact) mass is 328 g/mol. The average molecular weight is 328 g/mol. The molecule has 0 radical (unpaired) electrons. The summed E-state index contributed by atoms with van der Waals surface area (Å²) in [6.07, 6.45) is 4.18. The zero-order chi connectivity index (χ0) is 16.9. The van der Waals surface area contributed by atoms with Crippen molar-refractivity contribution in [3.05, 3.63) is 24.5 Å². The second kappa shape index (κ2) is 5.58. The Morgan fingerprint density at radius 3 is 2.58 bits per heavy atom. The van der Waals surface area contributed by atoms with Crippen molar-refractivity contribution >= 4 is 23.6 Å². The largest absolute Gasteiger partial charge is 0.494 e. The molecular weight excluding hydrogens is 303 g/mol. The smallest absolute Gasteiger partial charge is 0.399 e. The molecule has 0 N–H and O–H groups in total. The van der Waals surface area contributed by atoms with Gasteiger partial charge in [0.1, 0.15) is 0 Å². The van der Waals surface area contributed by atoms with Crippen LogP contribution in [-0.4, -0.2) is 41.1 Å². The Labute approximate surface area is 143 Å². The second-order valence-electron chi connectivity index (χ2n) is 7.86. The molecule has 2 saturated heterocycles. The summed E-state index contributed by atoms with van der Waals surface area (Å²) in [5.41, 5.74) is 2.49. The van der Waals surface area contributed by atoms with Crippen LogP contribution in [0.3, 0.4) is 0 Å². The molecular formula is C18H25BN2O3. The molecule has 0 aliphatic carbocycles. The van der Waals surface area contributed by atoms with Gasteiger partial charge in [-0.25, -0.2) is 4.98 Å². The Morgan fingerprint density at radius 1 is 1.17 bits per heavy atom. The lowest BCUT2D eigenvalue weighted by Gasteiger charge is -2.32. The lowest BCUT2D eigenvalue weighted by Crippen LogP contribution is -2.41. The molecule has 1 atom stereocenters. The van der Waals surface area contributed by atoms with E-state index in [-0.39, 0.29) is 18.3 Å². The van der Waals surface area contributed by atoms with Gasteiger partial charge in [0.15, 0.2) is 0 Å². The molecule has 0 amide bonds. The van der Waals surface area contributed by atoms with Crippen molar-refractivity contribution in [3.8, 4) is 0 Å². The van der Waals surface area contributed by atoms with E-state index in [1.165, 1.54) is 0 Å². The van der Waals surface area contributed by atoms with Crippen LogP contribution < -0.4 is 5.46 Å². The van der Waals surface area contributed by atoms with Gasteiger partial charge in [-0.1, -0.05) is 6.07 Å². The predicted molar refractivity (Wildman–Crippen MR) is 94.5 cm³/mol. The molecule has 5 nitrogen and oxygen atoms in total. The van der Waals surface area contributed by atoms with Gasteiger partial charge in [-0.15, -0.1) is 0 Å². The Bertz CT molecular complexity index is 734. The van der Waals surface area contributed by atoms with E-state index >= 15 is 0 Å². The van der Waals surface area contributed by atoms with Gasteiger partial charge >= 0.3 is 7.12 Å². The van der Waals surface area contributed by atoms with Crippen LogP contribution in [-0.2, 0) is 14.0 Å². The highest BCUT2D eigenvalue weighted by atomic mass is 16.7. The molecule has 0 spiro atoms. The van der Waals surface area contributed by atoms with Crippen molar-refractivity contribution in [1.82, 2.24) is 9.55 Å². The number of benzene rings is 1. The molecule has 0 saturated carbocycles. The fraction of sp³-hybridized carbons (Fsp3) is 0.611. The van der Waals surface area contributed by atoms with Crippen LogP contribution in [0.4, 0.5) is 0 Å². The average Bonchev–Trinajstić information content (AvgIpc) is 3.06. The number of aromatic nitrogens is 2. The van der Waals surface area contributed by atoms with Gasteiger partial charge in [0.25, 0.3) is 0 Å². The van der Waals surface area contributed by atoms with Crippen molar-refractivity contribution in [3.63, 3.8) is 0 Å². The molecule has 6 heteroatoms. The van der Waals surface area contributed by atoms with Crippen LogP contribution in [0.5, 0.6) is 0 Å². The van der Waals surface area contributed by atoms with Gasteiger partial charge in [0, 0.05) is 6.61 Å². The van der Waals surface area contributed by atoms with E-state index < -0.39 is 0 Å². The molecule has 2 aliphatic rings. The Hall–Kier alpha value is -1.37. The van der Waals surface area contributed by atoms with Gasteiger partial charge in [-0.3, -0.25) is 0 Å². The molecule has 2 aromatic rings. The lowest BCUT2D eigenvalue weighted by molar-refractivity contribution is 0.00578. The summed E-state index contributed by atoms with van der Waals surface area (Å²) >= 11 is 0. The minimum atomic E-state index is -0.345. The zero-order valence-electron chi connectivity index (χ0n) is 14.9. The molecule has 2 fully saturated rings. The van der Waals surface area contributed by atoms with E-state index in [2.05, 4.69) is 55.4 Å². The number of hydrogen-bond acceptors (Lipinski definition) is 4. The first kappa shape index (κ1) is 16.1. The molecule has 3 heterocycles. The number of rotatable bonds is 2. The second-order valence-corrected chi connectivity index (χ2v) is 7.86. The van der Waals surface area contributed by atoms with E-state index in [1.54, 1.807) is 0 Å². The molecule has 1 aromatic heterocycles. The predicted octanol–water partition coefficient (Wildman–Crippen LogP) is 2.69. The maximum atomic E-state index is 6.15. The summed E-state index contributed by atoms with van der Waals surface area (Å²) in [5, 5.41) is 0. The summed E-state index contributed by atoms with van der Waals surface area (Å²) in [4.78, 5) is 4.59. The van der Waals surface area contributed by atoms with Gasteiger partial charge < -0.3 is 18.6 Å². The molecule has 0 bridgehead atoms. The fourth-order valence-electron chi connectivity index (χ4n) is 3.41. The van der Waals surface area contributed by atoms with Crippen LogP contribution in [0.25, 0.3) is 11.0 Å².